The molecule has 10 heteroatoms. The number of nitrogens with two attached hydrogens (primary N) is 2. The molecule has 0 spiro atoms. The first-order valence-corrected chi connectivity index (χ1v) is 11.4. The fourth-order valence-electron chi connectivity index (χ4n) is 4.78. The Morgan fingerprint density at radius 2 is 2.06 bits per heavy atom. The van der Waals surface area contributed by atoms with Crippen LogP contribution in [0.4, 0.5) is 15.9 Å². The third-order valence-corrected chi connectivity index (χ3v) is 6.63. The molecule has 5 heterocycles. The van der Waals surface area contributed by atoms with Crippen LogP contribution >= 0.6 is 0 Å². The van der Waals surface area contributed by atoms with Gasteiger partial charge >= 0.3 is 0 Å². The van der Waals surface area contributed by atoms with E-state index in [0.717, 1.165) is 34.7 Å². The lowest BCUT2D eigenvalue weighted by molar-refractivity contribution is 0.244. The van der Waals surface area contributed by atoms with Gasteiger partial charge in [0.15, 0.2) is 11.5 Å². The van der Waals surface area contributed by atoms with Crippen LogP contribution in [0.25, 0.3) is 22.4 Å². The van der Waals surface area contributed by atoms with Crippen LogP contribution in [0.3, 0.4) is 0 Å². The number of fused-ring (bicyclic) bond motifs is 2. The fraction of sp³-hybridized carbons (Fsp3) is 0.333. The molecule has 2 aliphatic heterocycles. The average molecular weight is 461 g/mol. The molecule has 4 aromatic rings. The van der Waals surface area contributed by atoms with Crippen LogP contribution in [0, 0.1) is 0 Å². The van der Waals surface area contributed by atoms with E-state index in [1.807, 2.05) is 22.9 Å². The Labute approximate surface area is 195 Å². The number of piperidine rings is 1. The highest BCUT2D eigenvalue weighted by Crippen LogP contribution is 2.33. The van der Waals surface area contributed by atoms with Gasteiger partial charge in [0, 0.05) is 25.1 Å². The number of ether oxygens (including phenoxy) is 1. The van der Waals surface area contributed by atoms with Crippen LogP contribution in [0.5, 0.6) is 5.75 Å². The minimum atomic E-state index is -0.988. The monoisotopic (exact) mass is 460 g/mol. The summed E-state index contributed by atoms with van der Waals surface area (Å²) in [6.07, 6.45) is 5.32. The average Bonchev–Trinajstić information content (AvgIpc) is 3.48. The number of benzene rings is 1. The Balaban J connectivity index is 1.42. The Morgan fingerprint density at radius 1 is 1.15 bits per heavy atom. The Bertz CT molecular complexity index is 1370. The topological polar surface area (TPSA) is 121 Å². The third-order valence-electron chi connectivity index (χ3n) is 6.63. The van der Waals surface area contributed by atoms with Gasteiger partial charge in [-0.05, 0) is 41.8 Å². The molecule has 174 valence electrons. The molecule has 2 atom stereocenters. The molecule has 6 rings (SSSR count). The minimum absolute atomic E-state index is 0.343. The van der Waals surface area contributed by atoms with Crippen LogP contribution in [0.1, 0.15) is 17.5 Å². The van der Waals surface area contributed by atoms with E-state index in [2.05, 4.69) is 32.0 Å². The van der Waals surface area contributed by atoms with E-state index in [4.69, 9.17) is 21.2 Å². The summed E-state index contributed by atoms with van der Waals surface area (Å²) >= 11 is 0. The van der Waals surface area contributed by atoms with Crippen molar-refractivity contribution in [2.45, 2.75) is 31.6 Å². The fourth-order valence-corrected chi connectivity index (χ4v) is 4.78. The molecular formula is C24H25FN8O. The maximum atomic E-state index is 14.1. The molecule has 0 unspecified atom stereocenters. The van der Waals surface area contributed by atoms with E-state index >= 15 is 0 Å². The quantitative estimate of drug-likeness (QED) is 0.476. The number of pyridine rings is 1. The van der Waals surface area contributed by atoms with E-state index in [1.165, 1.54) is 11.9 Å². The number of rotatable bonds is 4. The van der Waals surface area contributed by atoms with E-state index in [-0.39, 0.29) is 0 Å². The maximum absolute atomic E-state index is 14.1. The molecule has 3 aromatic heterocycles. The number of aromatic nitrogens is 5. The van der Waals surface area contributed by atoms with Crippen LogP contribution in [0.2, 0.25) is 0 Å². The van der Waals surface area contributed by atoms with Gasteiger partial charge in [0.25, 0.3) is 0 Å². The van der Waals surface area contributed by atoms with E-state index < -0.39 is 12.2 Å². The zero-order valence-electron chi connectivity index (χ0n) is 18.6. The van der Waals surface area contributed by atoms with Gasteiger partial charge in [-0.3, -0.25) is 4.98 Å². The van der Waals surface area contributed by atoms with Crippen LogP contribution in [-0.2, 0) is 13.0 Å². The molecule has 1 saturated heterocycles. The van der Waals surface area contributed by atoms with Crippen molar-refractivity contribution in [3.05, 3.63) is 54.2 Å². The maximum Gasteiger partial charge on any atom is 0.165 e. The zero-order valence-corrected chi connectivity index (χ0v) is 18.6. The molecular weight excluding hydrogens is 435 g/mol. The first-order valence-electron chi connectivity index (χ1n) is 11.4. The number of nitrogen functional groups attached to an aromatic ring is 1. The molecule has 4 N–H and O–H groups in total. The number of hydrogen-bond acceptors (Lipinski definition) is 8. The van der Waals surface area contributed by atoms with Gasteiger partial charge in [-0.2, -0.15) is 0 Å². The van der Waals surface area contributed by atoms with Crippen LogP contribution in [-0.4, -0.2) is 56.4 Å². The summed E-state index contributed by atoms with van der Waals surface area (Å²) < 4.78 is 21.7. The zero-order chi connectivity index (χ0) is 23.2. The highest BCUT2D eigenvalue weighted by molar-refractivity contribution is 5.81. The third kappa shape index (κ3) is 3.60. The first kappa shape index (κ1) is 20.8. The lowest BCUT2D eigenvalue weighted by atomic mass is 10.0. The van der Waals surface area contributed by atoms with Gasteiger partial charge in [-0.25, -0.2) is 19.3 Å². The molecule has 34 heavy (non-hydrogen) atoms. The summed E-state index contributed by atoms with van der Waals surface area (Å²) in [6, 6.07) is 7.72. The second-order valence-electron chi connectivity index (χ2n) is 8.84. The van der Waals surface area contributed by atoms with Crippen molar-refractivity contribution >= 4 is 22.7 Å². The summed E-state index contributed by atoms with van der Waals surface area (Å²) in [5, 5.41) is 0. The predicted molar refractivity (Wildman–Crippen MR) is 127 cm³/mol. The van der Waals surface area contributed by atoms with E-state index in [1.54, 1.807) is 6.33 Å². The molecule has 0 amide bonds. The molecule has 1 fully saturated rings. The number of anilines is 2. The number of imidazole rings is 1. The van der Waals surface area contributed by atoms with Crippen molar-refractivity contribution in [1.29, 1.82) is 0 Å². The van der Waals surface area contributed by atoms with Crippen LogP contribution in [0.15, 0.2) is 43.1 Å². The van der Waals surface area contributed by atoms with E-state index in [9.17, 15) is 4.39 Å². The highest BCUT2D eigenvalue weighted by Gasteiger charge is 2.28. The number of alkyl halides is 1. The molecule has 2 aliphatic rings. The smallest absolute Gasteiger partial charge is 0.165 e. The molecule has 0 radical (unpaired) electrons. The standard InChI is InChI=1S/C24H25FN8O/c25-17-3-5-32(11-18(17)26)20-9-28-19(14-1-2-21-15(7-14)4-6-34-21)8-16(20)10-33-13-31-22-23(27)29-12-30-24(22)33/h1-2,7-9,12-13,17-18H,3-6,10-11,26H2,(H2,27,29,30)/t17-,18+/m1/s1. The number of nitrogens with zero attached hydrogens (tertiary/aromatic N) is 6. The highest BCUT2D eigenvalue weighted by atomic mass is 19.1. The van der Waals surface area contributed by atoms with Crippen molar-refractivity contribution in [3.63, 3.8) is 0 Å². The molecule has 0 bridgehead atoms. The second-order valence-corrected chi connectivity index (χ2v) is 8.84. The van der Waals surface area contributed by atoms with Gasteiger partial charge in [-0.1, -0.05) is 0 Å². The molecule has 0 aliphatic carbocycles. The summed E-state index contributed by atoms with van der Waals surface area (Å²) in [6.45, 7) is 2.22. The summed E-state index contributed by atoms with van der Waals surface area (Å²) in [5.74, 6) is 1.28. The molecule has 1 aromatic carbocycles. The largest absolute Gasteiger partial charge is 0.493 e. The second kappa shape index (κ2) is 8.21. The van der Waals surface area contributed by atoms with Crippen molar-refractivity contribution in [2.75, 3.05) is 30.3 Å². The lowest BCUT2D eigenvalue weighted by Gasteiger charge is -2.35. The lowest BCUT2D eigenvalue weighted by Crippen LogP contribution is -2.50. The summed E-state index contributed by atoms with van der Waals surface area (Å²) in [5.41, 5.74) is 18.3. The van der Waals surface area contributed by atoms with E-state index in [0.29, 0.717) is 49.6 Å². The SMILES string of the molecule is Nc1ncnc2c1ncn2Cc1cc(-c2ccc3c(c2)CCO3)ncc1N1CC[C@@H](F)[C@@H](N)C1. The van der Waals surface area contributed by atoms with Gasteiger partial charge in [0.1, 0.15) is 23.8 Å². The van der Waals surface area contributed by atoms with Crippen LogP contribution < -0.4 is 21.1 Å². The Hall–Kier alpha value is -3.79. The van der Waals surface area contributed by atoms with Gasteiger partial charge in [-0.15, -0.1) is 0 Å². The van der Waals surface area contributed by atoms with Crippen molar-refractivity contribution in [1.82, 2.24) is 24.5 Å². The Morgan fingerprint density at radius 3 is 2.94 bits per heavy atom. The Kier molecular flexibility index (Phi) is 5.02. The number of hydrogen-bond donors (Lipinski definition) is 2. The van der Waals surface area contributed by atoms with Gasteiger partial charge in [0.2, 0.25) is 0 Å². The van der Waals surface area contributed by atoms with Crippen molar-refractivity contribution < 1.29 is 9.13 Å². The van der Waals surface area contributed by atoms with Crippen molar-refractivity contribution in [2.24, 2.45) is 5.73 Å². The summed E-state index contributed by atoms with van der Waals surface area (Å²) in [4.78, 5) is 19.7. The van der Waals surface area contributed by atoms with Gasteiger partial charge in [0.05, 0.1) is 43.1 Å². The minimum Gasteiger partial charge on any atom is -0.493 e. The summed E-state index contributed by atoms with van der Waals surface area (Å²) in [7, 11) is 0. The molecule has 9 nitrogen and oxygen atoms in total. The van der Waals surface area contributed by atoms with Gasteiger partial charge < -0.3 is 25.7 Å². The first-order chi connectivity index (χ1) is 16.6. The van der Waals surface area contributed by atoms with Crippen molar-refractivity contribution in [3.8, 4) is 17.0 Å². The predicted octanol–water partition coefficient (Wildman–Crippen LogP) is 2.33. The molecule has 0 saturated carbocycles. The number of halogens is 1. The normalized spacial score (nSPS) is 19.9.